The number of nitrogens with two attached hydrogens (primary N) is 1. The van der Waals surface area contributed by atoms with Gasteiger partial charge in [-0.25, -0.2) is 0 Å². The van der Waals surface area contributed by atoms with Crippen LogP contribution in [0.5, 0.6) is 0 Å². The van der Waals surface area contributed by atoms with Gasteiger partial charge in [-0.2, -0.15) is 0 Å². The van der Waals surface area contributed by atoms with Gasteiger partial charge in [0.2, 0.25) is 5.91 Å². The number of nitrogens with one attached hydrogen (secondary N) is 1. The Morgan fingerprint density at radius 1 is 1.47 bits per heavy atom. The lowest BCUT2D eigenvalue weighted by molar-refractivity contribution is -0.118. The van der Waals surface area contributed by atoms with E-state index in [0.29, 0.717) is 11.4 Å². The molecule has 0 aliphatic heterocycles. The number of carbonyl (C=O) groups is 1. The molecular weight excluding hydrogens is 236 g/mol. The fourth-order valence-corrected chi connectivity index (χ4v) is 2.06. The maximum atomic E-state index is 12.0. The molecule has 1 amide bonds. The Balaban J connectivity index is 2.09. The van der Waals surface area contributed by atoms with Crippen molar-refractivity contribution in [2.24, 2.45) is 11.7 Å². The number of carbonyl (C=O) groups excluding carboxylic acids is 1. The Labute approximate surface area is 106 Å². The van der Waals surface area contributed by atoms with Crippen molar-refractivity contribution in [1.29, 1.82) is 0 Å². The number of halogens is 1. The molecule has 2 unspecified atom stereocenters. The Bertz CT molecular complexity index is 470. The minimum absolute atomic E-state index is 0.00814. The summed E-state index contributed by atoms with van der Waals surface area (Å²) in [4.78, 5) is 12.0. The highest BCUT2D eigenvalue weighted by molar-refractivity contribution is 6.31. The number of anilines is 1. The third-order valence-electron chi connectivity index (χ3n) is 2.98. The van der Waals surface area contributed by atoms with Crippen LogP contribution in [0.3, 0.4) is 0 Å². The highest BCUT2D eigenvalue weighted by atomic mass is 35.5. The van der Waals surface area contributed by atoms with E-state index < -0.39 is 0 Å². The summed E-state index contributed by atoms with van der Waals surface area (Å²) < 4.78 is 0. The highest BCUT2D eigenvalue weighted by Crippen LogP contribution is 2.25. The molecule has 0 aromatic heterocycles. The Hall–Kier alpha value is -1.32. The summed E-state index contributed by atoms with van der Waals surface area (Å²) in [5, 5.41) is 3.54. The summed E-state index contributed by atoms with van der Waals surface area (Å²) in [6, 6.07) is 5.46. The predicted octanol–water partition coefficient (Wildman–Crippen LogP) is 2.49. The first-order valence-electron chi connectivity index (χ1n) is 5.58. The van der Waals surface area contributed by atoms with Gasteiger partial charge in [0, 0.05) is 16.8 Å². The van der Waals surface area contributed by atoms with E-state index in [-0.39, 0.29) is 17.9 Å². The van der Waals surface area contributed by atoms with Crippen LogP contribution in [-0.2, 0) is 4.79 Å². The first-order valence-corrected chi connectivity index (χ1v) is 5.95. The van der Waals surface area contributed by atoms with Gasteiger partial charge in [-0.3, -0.25) is 4.79 Å². The van der Waals surface area contributed by atoms with Gasteiger partial charge in [-0.15, -0.1) is 0 Å². The van der Waals surface area contributed by atoms with Gasteiger partial charge in [0.05, 0.1) is 5.92 Å². The van der Waals surface area contributed by atoms with E-state index in [1.54, 1.807) is 6.07 Å². The molecule has 1 aliphatic carbocycles. The second-order valence-corrected chi connectivity index (χ2v) is 4.70. The quantitative estimate of drug-likeness (QED) is 0.793. The fourth-order valence-electron chi connectivity index (χ4n) is 1.89. The van der Waals surface area contributed by atoms with Crippen LogP contribution in [0.25, 0.3) is 0 Å². The van der Waals surface area contributed by atoms with Crippen LogP contribution in [-0.4, -0.2) is 11.9 Å². The third-order valence-corrected chi connectivity index (χ3v) is 3.39. The smallest absolute Gasteiger partial charge is 0.231 e. The molecule has 1 aromatic rings. The Morgan fingerprint density at radius 2 is 2.24 bits per heavy atom. The molecule has 4 heteroatoms. The molecule has 3 nitrogen and oxygen atoms in total. The molecule has 1 aromatic carbocycles. The van der Waals surface area contributed by atoms with Gasteiger partial charge >= 0.3 is 0 Å². The molecule has 0 fully saturated rings. The molecule has 2 rings (SSSR count). The lowest BCUT2D eigenvalue weighted by atomic mass is 10.1. The monoisotopic (exact) mass is 250 g/mol. The van der Waals surface area contributed by atoms with Gasteiger partial charge in [-0.05, 0) is 31.0 Å². The molecule has 3 N–H and O–H groups in total. The summed E-state index contributed by atoms with van der Waals surface area (Å²) in [6.07, 6.45) is 4.40. The number of amides is 1. The van der Waals surface area contributed by atoms with Crippen molar-refractivity contribution < 1.29 is 4.79 Å². The zero-order valence-electron chi connectivity index (χ0n) is 9.61. The van der Waals surface area contributed by atoms with Crippen LogP contribution in [0.15, 0.2) is 30.4 Å². The van der Waals surface area contributed by atoms with Crippen LogP contribution < -0.4 is 11.1 Å². The van der Waals surface area contributed by atoms with Crippen molar-refractivity contribution in [3.63, 3.8) is 0 Å². The zero-order valence-corrected chi connectivity index (χ0v) is 10.4. The summed E-state index contributed by atoms with van der Waals surface area (Å²) >= 11 is 5.99. The van der Waals surface area contributed by atoms with Crippen molar-refractivity contribution in [1.82, 2.24) is 0 Å². The predicted molar refractivity (Wildman–Crippen MR) is 70.0 cm³/mol. The topological polar surface area (TPSA) is 55.1 Å². The van der Waals surface area contributed by atoms with Crippen LogP contribution in [0, 0.1) is 12.8 Å². The summed E-state index contributed by atoms with van der Waals surface area (Å²) in [7, 11) is 0. The van der Waals surface area contributed by atoms with E-state index in [9.17, 15) is 4.79 Å². The third kappa shape index (κ3) is 2.68. The van der Waals surface area contributed by atoms with Gasteiger partial charge in [0.1, 0.15) is 0 Å². The van der Waals surface area contributed by atoms with Crippen molar-refractivity contribution in [3.05, 3.63) is 40.9 Å². The van der Waals surface area contributed by atoms with Gasteiger partial charge in [-0.1, -0.05) is 29.8 Å². The van der Waals surface area contributed by atoms with Crippen LogP contribution in [0.4, 0.5) is 5.69 Å². The molecular formula is C13H15ClN2O. The molecule has 17 heavy (non-hydrogen) atoms. The number of hydrogen-bond donors (Lipinski definition) is 2. The molecule has 0 spiro atoms. The lowest BCUT2D eigenvalue weighted by Crippen LogP contribution is -2.24. The van der Waals surface area contributed by atoms with E-state index >= 15 is 0 Å². The normalized spacial score (nSPS) is 22.8. The molecule has 0 saturated heterocycles. The van der Waals surface area contributed by atoms with Crippen LogP contribution >= 0.6 is 11.6 Å². The number of benzene rings is 1. The fraction of sp³-hybridized carbons (Fsp3) is 0.308. The van der Waals surface area contributed by atoms with Crippen molar-refractivity contribution in [3.8, 4) is 0 Å². The SMILES string of the molecule is Cc1c(Cl)cccc1NC(=O)C1C=CC(N)C1. The largest absolute Gasteiger partial charge is 0.325 e. The summed E-state index contributed by atoms with van der Waals surface area (Å²) in [6.45, 7) is 1.88. The second kappa shape index (κ2) is 4.90. The number of rotatable bonds is 2. The van der Waals surface area contributed by atoms with E-state index in [1.807, 2.05) is 31.2 Å². The Kier molecular flexibility index (Phi) is 3.50. The first-order chi connectivity index (χ1) is 8.08. The van der Waals surface area contributed by atoms with Crippen LogP contribution in [0.1, 0.15) is 12.0 Å². The average Bonchev–Trinajstić information content (AvgIpc) is 2.72. The maximum Gasteiger partial charge on any atom is 0.231 e. The summed E-state index contributed by atoms with van der Waals surface area (Å²) in [5.41, 5.74) is 7.37. The zero-order chi connectivity index (χ0) is 12.4. The summed E-state index contributed by atoms with van der Waals surface area (Å²) in [5.74, 6) is -0.164. The van der Waals surface area contributed by atoms with Gasteiger partial charge < -0.3 is 11.1 Å². The first kappa shape index (κ1) is 12.1. The van der Waals surface area contributed by atoms with Crippen molar-refractivity contribution >= 4 is 23.2 Å². The minimum Gasteiger partial charge on any atom is -0.325 e. The standard InChI is InChI=1S/C13H15ClN2O/c1-8-11(14)3-2-4-12(8)16-13(17)9-5-6-10(15)7-9/h2-6,9-10H,7,15H2,1H3,(H,16,17). The van der Waals surface area contributed by atoms with E-state index in [0.717, 1.165) is 11.3 Å². The molecule has 0 heterocycles. The van der Waals surface area contributed by atoms with E-state index in [4.69, 9.17) is 17.3 Å². The van der Waals surface area contributed by atoms with Crippen molar-refractivity contribution in [2.45, 2.75) is 19.4 Å². The average molecular weight is 251 g/mol. The van der Waals surface area contributed by atoms with Crippen LogP contribution in [0.2, 0.25) is 5.02 Å². The van der Waals surface area contributed by atoms with Crippen molar-refractivity contribution in [2.75, 3.05) is 5.32 Å². The molecule has 0 radical (unpaired) electrons. The molecule has 0 bridgehead atoms. The molecule has 1 aliphatic rings. The van der Waals surface area contributed by atoms with Gasteiger partial charge in [0.25, 0.3) is 0 Å². The highest BCUT2D eigenvalue weighted by Gasteiger charge is 2.23. The second-order valence-electron chi connectivity index (χ2n) is 4.29. The molecule has 0 saturated carbocycles. The maximum absolute atomic E-state index is 12.0. The molecule has 2 atom stereocenters. The Morgan fingerprint density at radius 3 is 2.88 bits per heavy atom. The van der Waals surface area contributed by atoms with E-state index in [1.165, 1.54) is 0 Å². The lowest BCUT2D eigenvalue weighted by Gasteiger charge is -2.13. The van der Waals surface area contributed by atoms with Gasteiger partial charge in [0.15, 0.2) is 0 Å². The van der Waals surface area contributed by atoms with E-state index in [2.05, 4.69) is 5.32 Å². The number of hydrogen-bond acceptors (Lipinski definition) is 2. The minimum atomic E-state index is -0.136. The molecule has 90 valence electrons.